The first-order valence-corrected chi connectivity index (χ1v) is 13.2. The highest BCUT2D eigenvalue weighted by Crippen LogP contribution is 2.29. The van der Waals surface area contributed by atoms with Crippen LogP contribution in [0.1, 0.15) is 39.7 Å². The molecule has 3 heterocycles. The molecule has 40 heavy (non-hydrogen) atoms. The number of hydrogen-bond acceptors (Lipinski definition) is 7. The van der Waals surface area contributed by atoms with Gasteiger partial charge >= 0.3 is 5.69 Å². The Labute approximate surface area is 231 Å². The Morgan fingerprint density at radius 2 is 1.80 bits per heavy atom. The van der Waals surface area contributed by atoms with Crippen LogP contribution in [0, 0.1) is 16.7 Å². The van der Waals surface area contributed by atoms with Gasteiger partial charge in [0.1, 0.15) is 35.0 Å². The third kappa shape index (κ3) is 5.31. The minimum atomic E-state index is -0.349. The summed E-state index contributed by atoms with van der Waals surface area (Å²) in [6.07, 6.45) is 4.37. The number of amides is 1. The Balaban J connectivity index is 1.51. The van der Waals surface area contributed by atoms with Crippen molar-refractivity contribution in [3.8, 4) is 23.3 Å². The lowest BCUT2D eigenvalue weighted by molar-refractivity contribution is -0.128. The molecular weight excluding hydrogens is 506 g/mol. The molecule has 0 radical (unpaired) electrons. The lowest BCUT2D eigenvalue weighted by Gasteiger charge is -2.33. The van der Waals surface area contributed by atoms with Crippen LogP contribution in [0.3, 0.4) is 0 Å². The highest BCUT2D eigenvalue weighted by Gasteiger charge is 2.31. The number of para-hydroxylation sites is 1. The lowest BCUT2D eigenvalue weighted by Crippen LogP contribution is -2.43. The van der Waals surface area contributed by atoms with E-state index in [-0.39, 0.29) is 41.0 Å². The fourth-order valence-corrected chi connectivity index (χ4v) is 5.02. The average Bonchev–Trinajstić information content (AvgIpc) is 3.25. The largest absolute Gasteiger partial charge is 0.457 e. The minimum Gasteiger partial charge on any atom is -0.457 e. The van der Waals surface area contributed by atoms with E-state index in [4.69, 9.17) is 10.5 Å². The van der Waals surface area contributed by atoms with Crippen molar-refractivity contribution in [2.45, 2.75) is 39.7 Å². The quantitative estimate of drug-likeness (QED) is 0.290. The molecule has 0 bridgehead atoms. The van der Waals surface area contributed by atoms with Gasteiger partial charge in [-0.3, -0.25) is 13.9 Å². The second kappa shape index (κ2) is 10.7. The molecule has 4 aromatic rings. The van der Waals surface area contributed by atoms with Crippen molar-refractivity contribution in [3.63, 3.8) is 0 Å². The molecule has 0 spiro atoms. The van der Waals surface area contributed by atoms with Crippen LogP contribution in [0.25, 0.3) is 16.9 Å². The molecule has 2 aromatic heterocycles. The van der Waals surface area contributed by atoms with Crippen LogP contribution in [0.4, 0.5) is 5.82 Å². The number of likely N-dealkylation sites (tertiary alicyclic amines) is 1. The van der Waals surface area contributed by atoms with Crippen molar-refractivity contribution in [3.05, 3.63) is 83.1 Å². The highest BCUT2D eigenvalue weighted by atomic mass is 16.5. The second-order valence-corrected chi connectivity index (χ2v) is 10.9. The van der Waals surface area contributed by atoms with E-state index in [1.54, 1.807) is 39.8 Å². The van der Waals surface area contributed by atoms with Gasteiger partial charge in [-0.1, -0.05) is 45.0 Å². The summed E-state index contributed by atoms with van der Waals surface area (Å²) in [7, 11) is 0. The summed E-state index contributed by atoms with van der Waals surface area (Å²) >= 11 is 0. The number of fused-ring (bicyclic) bond motifs is 1. The van der Waals surface area contributed by atoms with Crippen LogP contribution in [0.5, 0.6) is 11.5 Å². The van der Waals surface area contributed by atoms with E-state index in [0.717, 1.165) is 0 Å². The zero-order valence-corrected chi connectivity index (χ0v) is 22.7. The molecule has 2 aromatic carbocycles. The Morgan fingerprint density at radius 1 is 1.10 bits per heavy atom. The van der Waals surface area contributed by atoms with Crippen LogP contribution >= 0.6 is 0 Å². The Morgan fingerprint density at radius 3 is 2.48 bits per heavy atom. The fraction of sp³-hybridized carbons (Fsp3) is 0.300. The maximum Gasteiger partial charge on any atom is 0.335 e. The molecule has 10 nitrogen and oxygen atoms in total. The van der Waals surface area contributed by atoms with Crippen LogP contribution in [0.2, 0.25) is 0 Å². The number of aromatic nitrogens is 4. The topological polar surface area (TPSA) is 132 Å². The summed E-state index contributed by atoms with van der Waals surface area (Å²) in [6, 6.07) is 18.3. The van der Waals surface area contributed by atoms with Crippen molar-refractivity contribution in [1.82, 2.24) is 24.0 Å². The number of nitrogen functional groups attached to an aromatic ring is 1. The number of benzene rings is 2. The number of allylic oxidation sites excluding steroid dienone is 1. The number of nitriles is 1. The third-order valence-electron chi connectivity index (χ3n) is 6.73. The molecule has 0 aliphatic carbocycles. The van der Waals surface area contributed by atoms with Gasteiger partial charge in [-0.05, 0) is 54.7 Å². The molecule has 10 heteroatoms. The van der Waals surface area contributed by atoms with Gasteiger partial charge in [0, 0.05) is 13.1 Å². The molecule has 5 rings (SSSR count). The maximum atomic E-state index is 14.0. The van der Waals surface area contributed by atoms with E-state index in [9.17, 15) is 14.9 Å². The molecule has 1 amide bonds. The summed E-state index contributed by atoms with van der Waals surface area (Å²) in [5.74, 6) is 1.17. The van der Waals surface area contributed by atoms with Crippen molar-refractivity contribution in [1.29, 1.82) is 5.26 Å². The van der Waals surface area contributed by atoms with Crippen molar-refractivity contribution < 1.29 is 9.53 Å². The summed E-state index contributed by atoms with van der Waals surface area (Å²) in [5.41, 5.74) is 7.10. The minimum absolute atomic E-state index is 0.104. The number of carbonyl (C=O) groups excluding carboxylic acids is 1. The number of anilines is 1. The molecule has 2 N–H and O–H groups in total. The predicted octanol–water partition coefficient (Wildman–Crippen LogP) is 4.62. The zero-order valence-electron chi connectivity index (χ0n) is 22.7. The van der Waals surface area contributed by atoms with Gasteiger partial charge in [0.15, 0.2) is 11.5 Å². The highest BCUT2D eigenvalue weighted by molar-refractivity contribution is 5.97. The van der Waals surface area contributed by atoms with Crippen LogP contribution in [-0.2, 0) is 4.79 Å². The van der Waals surface area contributed by atoms with Crippen molar-refractivity contribution in [2.24, 2.45) is 5.41 Å². The fourth-order valence-electron chi connectivity index (χ4n) is 5.02. The molecule has 0 unspecified atom stereocenters. The number of nitrogens with zero attached hydrogens (tertiary/aromatic N) is 6. The predicted molar refractivity (Wildman–Crippen MR) is 152 cm³/mol. The lowest BCUT2D eigenvalue weighted by atomic mass is 9.93. The molecule has 1 aliphatic heterocycles. The van der Waals surface area contributed by atoms with Gasteiger partial charge in [0.25, 0.3) is 5.91 Å². The second-order valence-electron chi connectivity index (χ2n) is 10.9. The Kier molecular flexibility index (Phi) is 7.13. The van der Waals surface area contributed by atoms with Crippen LogP contribution in [-0.4, -0.2) is 43.0 Å². The van der Waals surface area contributed by atoms with Gasteiger partial charge in [0.2, 0.25) is 0 Å². The van der Waals surface area contributed by atoms with Crippen molar-refractivity contribution >= 4 is 22.9 Å². The standard InChI is InChI=1S/C30H31N7O3/c1-30(2,3)16-20(17-31)28(38)35-15-7-8-22(18-35)37-27-25(26(32)33-19-34-27)36(29(37)39)21-11-13-24(14-12-21)40-23-9-5-4-6-10-23/h4-6,9-14,16,19,22H,7-8,15,18H2,1-3H3,(H2,32,33,34)/t22-/m0/s1. The number of hydrogen-bond donors (Lipinski definition) is 1. The molecular formula is C30H31N7O3. The van der Waals surface area contributed by atoms with E-state index < -0.39 is 0 Å². The van der Waals surface area contributed by atoms with Crippen molar-refractivity contribution in [2.75, 3.05) is 18.8 Å². The van der Waals surface area contributed by atoms with E-state index in [1.165, 1.54) is 10.9 Å². The summed E-state index contributed by atoms with van der Waals surface area (Å²) in [5, 5.41) is 9.66. The molecule has 1 aliphatic rings. The molecule has 1 fully saturated rings. The first-order valence-electron chi connectivity index (χ1n) is 13.2. The van der Waals surface area contributed by atoms with E-state index >= 15 is 0 Å². The van der Waals surface area contributed by atoms with Crippen LogP contribution in [0.15, 0.2) is 77.4 Å². The Bertz CT molecular complexity index is 1670. The van der Waals surface area contributed by atoms with E-state index in [2.05, 4.69) is 16.0 Å². The number of rotatable bonds is 5. The number of nitrogens with two attached hydrogens (primary N) is 1. The maximum absolute atomic E-state index is 14.0. The van der Waals surface area contributed by atoms with Crippen LogP contribution < -0.4 is 16.2 Å². The monoisotopic (exact) mass is 537 g/mol. The number of ether oxygens (including phenoxy) is 1. The average molecular weight is 538 g/mol. The number of carbonyl (C=O) groups is 1. The molecule has 1 saturated heterocycles. The number of imidazole rings is 1. The summed E-state index contributed by atoms with van der Waals surface area (Å²) < 4.78 is 8.99. The molecule has 204 valence electrons. The summed E-state index contributed by atoms with van der Waals surface area (Å²) in [6.45, 7) is 6.60. The third-order valence-corrected chi connectivity index (χ3v) is 6.73. The first kappa shape index (κ1) is 26.7. The van der Waals surface area contributed by atoms with Gasteiger partial charge in [-0.2, -0.15) is 5.26 Å². The van der Waals surface area contributed by atoms with E-state index in [1.807, 2.05) is 51.1 Å². The summed E-state index contributed by atoms with van der Waals surface area (Å²) in [4.78, 5) is 37.4. The SMILES string of the molecule is CC(C)(C)C=C(C#N)C(=O)N1CCC[C@H](n2c(=O)n(-c3ccc(Oc4ccccc4)cc3)c3c(N)ncnc32)C1. The normalized spacial score (nSPS) is 16.1. The first-order chi connectivity index (χ1) is 19.2. The Hall–Kier alpha value is -4.91. The molecule has 1 atom stereocenters. The van der Waals surface area contributed by atoms with E-state index in [0.29, 0.717) is 47.7 Å². The van der Waals surface area contributed by atoms with Gasteiger partial charge in [-0.25, -0.2) is 14.8 Å². The molecule has 0 saturated carbocycles. The number of piperidine rings is 1. The zero-order chi connectivity index (χ0) is 28.4. The smallest absolute Gasteiger partial charge is 0.335 e. The van der Waals surface area contributed by atoms with Gasteiger partial charge in [0.05, 0.1) is 11.7 Å². The van der Waals surface area contributed by atoms with Gasteiger partial charge in [-0.15, -0.1) is 0 Å². The van der Waals surface area contributed by atoms with Gasteiger partial charge < -0.3 is 15.4 Å².